The summed E-state index contributed by atoms with van der Waals surface area (Å²) >= 11 is 0. The van der Waals surface area contributed by atoms with E-state index in [9.17, 15) is 9.18 Å². The van der Waals surface area contributed by atoms with E-state index in [2.05, 4.69) is 10.2 Å². The smallest absolute Gasteiger partial charge is 0.338 e. The van der Waals surface area contributed by atoms with Crippen LogP contribution in [0.25, 0.3) is 39.0 Å². The van der Waals surface area contributed by atoms with Crippen molar-refractivity contribution in [3.63, 3.8) is 0 Å². The van der Waals surface area contributed by atoms with Crippen LogP contribution in [0.2, 0.25) is 0 Å². The fourth-order valence-corrected chi connectivity index (χ4v) is 6.93. The minimum Gasteiger partial charge on any atom is -0.362 e. The molecule has 1 atom stereocenters. The lowest BCUT2D eigenvalue weighted by molar-refractivity contribution is 0.581. The van der Waals surface area contributed by atoms with E-state index in [0.717, 1.165) is 5.69 Å². The zero-order valence-corrected chi connectivity index (χ0v) is 26.3. The van der Waals surface area contributed by atoms with Gasteiger partial charge in [0.05, 0.1) is 63.0 Å². The number of imidazole rings is 1. The maximum atomic E-state index is 16.0. The first kappa shape index (κ1) is 28.9. The molecule has 47 heavy (non-hydrogen) atoms. The summed E-state index contributed by atoms with van der Waals surface area (Å²) in [7, 11) is 3.49. The minimum absolute atomic E-state index is 0.0733. The lowest BCUT2D eigenvalue weighted by atomic mass is 9.98. The number of hydrogen-bond donors (Lipinski definition) is 0. The lowest BCUT2D eigenvalue weighted by Crippen LogP contribution is -2.35. The molecule has 1 aliphatic heterocycles. The highest BCUT2D eigenvalue weighted by Gasteiger charge is 2.35. The van der Waals surface area contributed by atoms with Gasteiger partial charge in [0.25, 0.3) is 0 Å². The summed E-state index contributed by atoms with van der Waals surface area (Å²) in [5.74, 6) is -0.861. The van der Waals surface area contributed by atoms with Gasteiger partial charge in [-0.2, -0.15) is 15.3 Å². The summed E-state index contributed by atoms with van der Waals surface area (Å²) in [6.45, 7) is 5.77. The Hall–Kier alpha value is -5.59. The Bertz CT molecular complexity index is 2440. The number of benzene rings is 3. The Kier molecular flexibility index (Phi) is 6.27. The van der Waals surface area contributed by atoms with Gasteiger partial charge in [0.15, 0.2) is 11.6 Å². The van der Waals surface area contributed by atoms with Crippen LogP contribution in [-0.2, 0) is 20.5 Å². The first-order valence-corrected chi connectivity index (χ1v) is 15.2. The van der Waals surface area contributed by atoms with Crippen LogP contribution in [0.4, 0.5) is 18.9 Å². The summed E-state index contributed by atoms with van der Waals surface area (Å²) in [6, 6.07) is 9.79. The summed E-state index contributed by atoms with van der Waals surface area (Å²) in [5.41, 5.74) is 4.09. The molecule has 10 nitrogen and oxygen atoms in total. The van der Waals surface area contributed by atoms with Crippen molar-refractivity contribution in [1.82, 2.24) is 38.5 Å². The van der Waals surface area contributed by atoms with Gasteiger partial charge in [-0.15, -0.1) is 0 Å². The Morgan fingerprint density at radius 2 is 1.36 bits per heavy atom. The summed E-state index contributed by atoms with van der Waals surface area (Å²) < 4.78 is 54.0. The predicted molar refractivity (Wildman–Crippen MR) is 172 cm³/mol. The first-order chi connectivity index (χ1) is 22.5. The van der Waals surface area contributed by atoms with E-state index in [0.29, 0.717) is 68.7 Å². The molecule has 0 saturated heterocycles. The molecule has 0 bridgehead atoms. The van der Waals surface area contributed by atoms with Crippen LogP contribution in [0.15, 0.2) is 66.0 Å². The zero-order valence-electron chi connectivity index (χ0n) is 26.3. The van der Waals surface area contributed by atoms with E-state index in [1.54, 1.807) is 78.5 Å². The molecule has 8 rings (SSSR count). The molecule has 0 aliphatic carbocycles. The van der Waals surface area contributed by atoms with Crippen molar-refractivity contribution in [2.24, 2.45) is 14.1 Å². The fourth-order valence-electron chi connectivity index (χ4n) is 6.93. The number of rotatable bonds is 4. The normalized spacial score (nSPS) is 14.9. The van der Waals surface area contributed by atoms with Crippen LogP contribution >= 0.6 is 0 Å². The van der Waals surface area contributed by atoms with Crippen LogP contribution in [0, 0.1) is 31.3 Å². The van der Waals surface area contributed by atoms with Gasteiger partial charge in [-0.3, -0.25) is 18.5 Å². The van der Waals surface area contributed by atoms with Gasteiger partial charge in [0.1, 0.15) is 11.6 Å². The van der Waals surface area contributed by atoms with Crippen LogP contribution in [0.3, 0.4) is 0 Å². The van der Waals surface area contributed by atoms with Gasteiger partial charge < -0.3 is 4.90 Å². The van der Waals surface area contributed by atoms with Gasteiger partial charge in [-0.05, 0) is 68.3 Å². The third-order valence-electron chi connectivity index (χ3n) is 9.38. The maximum Gasteiger partial charge on any atom is 0.338 e. The number of halogens is 3. The molecule has 238 valence electrons. The van der Waals surface area contributed by atoms with E-state index in [4.69, 9.17) is 5.10 Å². The van der Waals surface area contributed by atoms with Crippen molar-refractivity contribution >= 4 is 27.5 Å². The van der Waals surface area contributed by atoms with E-state index in [1.165, 1.54) is 27.7 Å². The van der Waals surface area contributed by atoms with Crippen LogP contribution in [0.1, 0.15) is 35.3 Å². The molecule has 0 unspecified atom stereocenters. The molecule has 0 fully saturated rings. The molecule has 5 heterocycles. The number of fused-ring (bicyclic) bond motifs is 3. The standard InChI is InChI=1S/C34H30F3N9O/c1-18-14-21(15-19(2)30(18)35)46-33(45-13-12-44(34(45)47)28-9-7-26-23(32(28)37)17-39-42(26)5)29-20(3)43(11-10-24(29)40-46)27-8-6-25-22(31(27)36)16-38-41(25)4/h6-9,12-17,20H,10-11H2,1-5H3/t20-/m0/s1. The second-order valence-electron chi connectivity index (χ2n) is 12.1. The highest BCUT2D eigenvalue weighted by atomic mass is 19.1. The monoisotopic (exact) mass is 637 g/mol. The predicted octanol–water partition coefficient (Wildman–Crippen LogP) is 5.75. The van der Waals surface area contributed by atoms with Gasteiger partial charge in [0.2, 0.25) is 0 Å². The molecule has 0 amide bonds. The lowest BCUT2D eigenvalue weighted by Gasteiger charge is -2.35. The SMILES string of the molecule is Cc1cc(-n2nc3c(c2-n2ccn(-c4ccc5c(cnn5C)c4F)c2=O)[C@H](C)N(c2ccc4c(cnn4C)c2F)CC3)cc(C)c1F. The molecule has 0 radical (unpaired) electrons. The molecule has 3 aromatic carbocycles. The van der Waals surface area contributed by atoms with E-state index in [1.807, 2.05) is 17.9 Å². The van der Waals surface area contributed by atoms with Gasteiger partial charge in [-0.25, -0.2) is 22.6 Å². The average Bonchev–Trinajstić information content (AvgIpc) is 3.82. The molecule has 7 aromatic rings. The maximum absolute atomic E-state index is 16.0. The molecular weight excluding hydrogens is 607 g/mol. The summed E-state index contributed by atoms with van der Waals surface area (Å²) in [5, 5.41) is 14.0. The molecule has 4 aromatic heterocycles. The first-order valence-electron chi connectivity index (χ1n) is 15.2. The topological polar surface area (TPSA) is 83.6 Å². The zero-order chi connectivity index (χ0) is 32.9. The highest BCUT2D eigenvalue weighted by Crippen LogP contribution is 2.40. The van der Waals surface area contributed by atoms with Crippen molar-refractivity contribution in [3.8, 4) is 17.2 Å². The van der Waals surface area contributed by atoms with E-state index in [-0.39, 0.29) is 17.3 Å². The quantitative estimate of drug-likeness (QED) is 0.246. The third kappa shape index (κ3) is 4.11. The Balaban J connectivity index is 1.33. The van der Waals surface area contributed by atoms with Crippen molar-refractivity contribution < 1.29 is 13.2 Å². The second-order valence-corrected chi connectivity index (χ2v) is 12.1. The van der Waals surface area contributed by atoms with Crippen molar-refractivity contribution in [2.45, 2.75) is 33.2 Å². The fraction of sp³-hybridized carbons (Fsp3) is 0.235. The number of aryl methyl sites for hydroxylation is 4. The molecule has 0 spiro atoms. The van der Waals surface area contributed by atoms with E-state index < -0.39 is 17.5 Å². The van der Waals surface area contributed by atoms with Crippen molar-refractivity contribution in [3.05, 3.63) is 112 Å². The van der Waals surface area contributed by atoms with Crippen LogP contribution in [0.5, 0.6) is 0 Å². The largest absolute Gasteiger partial charge is 0.362 e. The Labute approximate surface area is 266 Å². The molecule has 13 heteroatoms. The van der Waals surface area contributed by atoms with Crippen molar-refractivity contribution in [2.75, 3.05) is 11.4 Å². The number of aromatic nitrogens is 8. The molecular formula is C34H30F3N9O. The summed E-state index contributed by atoms with van der Waals surface area (Å²) in [4.78, 5) is 16.2. The molecule has 1 aliphatic rings. The van der Waals surface area contributed by atoms with Crippen LogP contribution < -0.4 is 10.6 Å². The molecule has 0 N–H and O–H groups in total. The number of hydrogen-bond acceptors (Lipinski definition) is 5. The Morgan fingerprint density at radius 3 is 2.00 bits per heavy atom. The van der Waals surface area contributed by atoms with Crippen molar-refractivity contribution in [1.29, 1.82) is 0 Å². The number of nitrogens with zero attached hydrogens (tertiary/aromatic N) is 9. The Morgan fingerprint density at radius 1 is 0.787 bits per heavy atom. The minimum atomic E-state index is -0.573. The third-order valence-corrected chi connectivity index (χ3v) is 9.38. The van der Waals surface area contributed by atoms with Gasteiger partial charge in [0, 0.05) is 45.0 Å². The van der Waals surface area contributed by atoms with E-state index >= 15 is 8.78 Å². The second kappa shape index (κ2) is 10.2. The highest BCUT2D eigenvalue weighted by molar-refractivity contribution is 5.84. The van der Waals surface area contributed by atoms with Gasteiger partial charge >= 0.3 is 5.69 Å². The summed E-state index contributed by atoms with van der Waals surface area (Å²) in [6.07, 6.45) is 6.49. The molecule has 0 saturated carbocycles. The van der Waals surface area contributed by atoms with Crippen LogP contribution in [-0.4, -0.2) is 45.0 Å². The van der Waals surface area contributed by atoms with Gasteiger partial charge in [-0.1, -0.05) is 0 Å². The number of anilines is 1. The average molecular weight is 638 g/mol.